The zero-order chi connectivity index (χ0) is 24.1. The van der Waals surface area contributed by atoms with Crippen LogP contribution in [0.1, 0.15) is 101 Å². The molecule has 2 unspecified atom stereocenters. The third kappa shape index (κ3) is 8.79. The van der Waals surface area contributed by atoms with Gasteiger partial charge >= 0.3 is 5.97 Å². The fourth-order valence-electron chi connectivity index (χ4n) is 4.48. The van der Waals surface area contributed by atoms with Gasteiger partial charge in [-0.25, -0.2) is 0 Å². The molecule has 2 aromatic carbocycles. The van der Waals surface area contributed by atoms with Crippen LogP contribution in [0.4, 0.5) is 0 Å². The molecule has 0 aliphatic heterocycles. The van der Waals surface area contributed by atoms with E-state index >= 15 is 0 Å². The molecule has 0 saturated heterocycles. The van der Waals surface area contributed by atoms with Crippen LogP contribution in [0.3, 0.4) is 0 Å². The Hall–Kier alpha value is -2.42. The predicted octanol–water partition coefficient (Wildman–Crippen LogP) is 8.36. The Balaban J connectivity index is 2.08. The van der Waals surface area contributed by atoms with Crippen LogP contribution >= 0.6 is 0 Å². The van der Waals surface area contributed by atoms with Crippen LogP contribution in [0.2, 0.25) is 0 Å². The van der Waals surface area contributed by atoms with Crippen molar-refractivity contribution in [1.29, 1.82) is 0 Å². The molecule has 3 heteroatoms. The Morgan fingerprint density at radius 3 is 2.00 bits per heavy atom. The molecule has 0 aromatic heterocycles. The van der Waals surface area contributed by atoms with E-state index < -0.39 is 5.97 Å². The molecule has 3 nitrogen and oxygen atoms in total. The number of aliphatic carboxylic acids is 1. The molecular weight excluding hydrogens is 408 g/mol. The second-order valence-corrected chi connectivity index (χ2v) is 9.44. The van der Waals surface area contributed by atoms with Crippen LogP contribution in [0.25, 0.3) is 11.1 Å². The minimum absolute atomic E-state index is 0.0454. The van der Waals surface area contributed by atoms with Crippen molar-refractivity contribution in [2.75, 3.05) is 0 Å². The third-order valence-electron chi connectivity index (χ3n) is 6.66. The summed E-state index contributed by atoms with van der Waals surface area (Å²) in [5.74, 6) is -0.819. The van der Waals surface area contributed by atoms with E-state index in [-0.39, 0.29) is 17.6 Å². The molecule has 0 saturated carbocycles. The monoisotopic (exact) mass is 450 g/mol. The molecule has 0 aliphatic rings. The number of Topliss-reactive ketones (excluding diaryl/α,β-unsaturated/α-hetero) is 1. The van der Waals surface area contributed by atoms with Crippen LogP contribution in [-0.4, -0.2) is 16.9 Å². The van der Waals surface area contributed by atoms with Crippen molar-refractivity contribution in [2.24, 2.45) is 11.8 Å². The highest BCUT2D eigenvalue weighted by molar-refractivity contribution is 5.98. The summed E-state index contributed by atoms with van der Waals surface area (Å²) >= 11 is 0. The minimum Gasteiger partial charge on any atom is -0.481 e. The van der Waals surface area contributed by atoms with Crippen molar-refractivity contribution in [2.45, 2.75) is 91.4 Å². The van der Waals surface area contributed by atoms with E-state index in [0.717, 1.165) is 60.8 Å². The SMILES string of the molecule is CCCCCCC(C)C(=O)c1ccc(-c2ccccc2CC(CCCCCC)C(=O)O)cc1. The zero-order valence-electron chi connectivity index (χ0n) is 20.8. The number of carbonyl (C=O) groups is 2. The molecule has 2 rings (SSSR count). The predicted molar refractivity (Wildman–Crippen MR) is 138 cm³/mol. The highest BCUT2D eigenvalue weighted by Crippen LogP contribution is 2.28. The summed E-state index contributed by atoms with van der Waals surface area (Å²) in [7, 11) is 0. The third-order valence-corrected chi connectivity index (χ3v) is 6.66. The molecule has 0 bridgehead atoms. The minimum atomic E-state index is -0.713. The van der Waals surface area contributed by atoms with Crippen LogP contribution in [0.5, 0.6) is 0 Å². The number of hydrogen-bond donors (Lipinski definition) is 1. The van der Waals surface area contributed by atoms with Crippen LogP contribution < -0.4 is 0 Å². The quantitative estimate of drug-likeness (QED) is 0.206. The number of hydrogen-bond acceptors (Lipinski definition) is 2. The molecule has 0 radical (unpaired) electrons. The van der Waals surface area contributed by atoms with Gasteiger partial charge in [-0.15, -0.1) is 0 Å². The van der Waals surface area contributed by atoms with Gasteiger partial charge < -0.3 is 5.11 Å². The van der Waals surface area contributed by atoms with E-state index in [9.17, 15) is 14.7 Å². The number of unbranched alkanes of at least 4 members (excludes halogenated alkanes) is 6. The van der Waals surface area contributed by atoms with Gasteiger partial charge in [0.05, 0.1) is 5.92 Å². The summed E-state index contributed by atoms with van der Waals surface area (Å²) in [4.78, 5) is 24.7. The maximum absolute atomic E-state index is 12.8. The average Bonchev–Trinajstić information content (AvgIpc) is 2.83. The van der Waals surface area contributed by atoms with Crippen molar-refractivity contribution >= 4 is 11.8 Å². The zero-order valence-corrected chi connectivity index (χ0v) is 20.8. The van der Waals surface area contributed by atoms with Gasteiger partial charge in [-0.2, -0.15) is 0 Å². The maximum atomic E-state index is 12.8. The summed E-state index contributed by atoms with van der Waals surface area (Å²) in [6, 6.07) is 15.9. The smallest absolute Gasteiger partial charge is 0.306 e. The lowest BCUT2D eigenvalue weighted by Crippen LogP contribution is -2.17. The first-order valence-electron chi connectivity index (χ1n) is 12.9. The number of carboxylic acids is 1. The van der Waals surface area contributed by atoms with Crippen molar-refractivity contribution in [1.82, 2.24) is 0 Å². The lowest BCUT2D eigenvalue weighted by Gasteiger charge is -2.16. The Bertz CT molecular complexity index is 853. The lowest BCUT2D eigenvalue weighted by molar-refractivity contribution is -0.142. The number of benzene rings is 2. The van der Waals surface area contributed by atoms with E-state index in [1.807, 2.05) is 49.4 Å². The second kappa shape index (κ2) is 14.7. The summed E-state index contributed by atoms with van der Waals surface area (Å²) in [5, 5.41) is 9.76. The number of carboxylic acid groups (broad SMARTS) is 1. The molecule has 2 atom stereocenters. The average molecular weight is 451 g/mol. The standard InChI is InChI=1S/C30H42O3/c1-4-6-8-10-14-23(3)29(31)25-20-18-24(19-21-25)28-17-13-12-15-26(28)22-27(30(32)33)16-11-9-7-5-2/h12-13,15,17-21,23,27H,4-11,14,16,22H2,1-3H3,(H,32,33). The number of rotatable bonds is 16. The highest BCUT2D eigenvalue weighted by Gasteiger charge is 2.20. The second-order valence-electron chi connectivity index (χ2n) is 9.44. The molecule has 0 spiro atoms. The van der Waals surface area contributed by atoms with Gasteiger partial charge in [0.25, 0.3) is 0 Å². The van der Waals surface area contributed by atoms with Crippen LogP contribution in [-0.2, 0) is 11.2 Å². The largest absolute Gasteiger partial charge is 0.481 e. The van der Waals surface area contributed by atoms with Gasteiger partial charge in [-0.05, 0) is 36.0 Å². The van der Waals surface area contributed by atoms with Crippen molar-refractivity contribution in [3.05, 3.63) is 59.7 Å². The summed E-state index contributed by atoms with van der Waals surface area (Å²) in [6.45, 7) is 6.39. The first-order chi connectivity index (χ1) is 16.0. The summed E-state index contributed by atoms with van der Waals surface area (Å²) < 4.78 is 0. The van der Waals surface area contributed by atoms with Crippen molar-refractivity contribution in [3.63, 3.8) is 0 Å². The molecule has 33 heavy (non-hydrogen) atoms. The summed E-state index contributed by atoms with van der Waals surface area (Å²) in [5.41, 5.74) is 3.92. The Kier molecular flexibility index (Phi) is 11.9. The summed E-state index contributed by atoms with van der Waals surface area (Å²) in [6.07, 6.45) is 11.3. The number of ketones is 1. The Morgan fingerprint density at radius 1 is 0.788 bits per heavy atom. The van der Waals surface area contributed by atoms with Gasteiger partial charge in [0.15, 0.2) is 5.78 Å². The molecule has 0 aliphatic carbocycles. The molecular formula is C30H42O3. The van der Waals surface area contributed by atoms with Gasteiger partial charge in [0.1, 0.15) is 0 Å². The van der Waals surface area contributed by atoms with Crippen molar-refractivity contribution in [3.8, 4) is 11.1 Å². The van der Waals surface area contributed by atoms with E-state index in [0.29, 0.717) is 12.8 Å². The molecule has 1 N–H and O–H groups in total. The van der Waals surface area contributed by atoms with Gasteiger partial charge in [-0.1, -0.05) is 121 Å². The van der Waals surface area contributed by atoms with Gasteiger partial charge in [0.2, 0.25) is 0 Å². The molecule has 0 fully saturated rings. The molecule has 180 valence electrons. The molecule has 2 aromatic rings. The van der Waals surface area contributed by atoms with Crippen LogP contribution in [0, 0.1) is 11.8 Å². The van der Waals surface area contributed by atoms with Crippen LogP contribution in [0.15, 0.2) is 48.5 Å². The molecule has 0 heterocycles. The Morgan fingerprint density at radius 2 is 1.39 bits per heavy atom. The van der Waals surface area contributed by atoms with E-state index in [1.165, 1.54) is 19.3 Å². The molecule has 0 amide bonds. The van der Waals surface area contributed by atoms with E-state index in [1.54, 1.807) is 0 Å². The van der Waals surface area contributed by atoms with E-state index in [4.69, 9.17) is 0 Å². The maximum Gasteiger partial charge on any atom is 0.306 e. The van der Waals surface area contributed by atoms with Crippen molar-refractivity contribution < 1.29 is 14.7 Å². The topological polar surface area (TPSA) is 54.4 Å². The Labute approximate surface area is 200 Å². The fraction of sp³-hybridized carbons (Fsp3) is 0.533. The normalized spacial score (nSPS) is 12.9. The lowest BCUT2D eigenvalue weighted by atomic mass is 9.88. The van der Waals surface area contributed by atoms with Gasteiger partial charge in [0, 0.05) is 11.5 Å². The first kappa shape index (κ1) is 26.8. The highest BCUT2D eigenvalue weighted by atomic mass is 16.4. The number of carbonyl (C=O) groups excluding carboxylic acids is 1. The van der Waals surface area contributed by atoms with E-state index in [2.05, 4.69) is 19.9 Å². The fourth-order valence-corrected chi connectivity index (χ4v) is 4.48. The van der Waals surface area contributed by atoms with Gasteiger partial charge in [-0.3, -0.25) is 9.59 Å². The first-order valence-corrected chi connectivity index (χ1v) is 12.9.